The van der Waals surface area contributed by atoms with E-state index in [1.165, 1.54) is 11.1 Å². The minimum Gasteiger partial charge on any atom is -0.455 e. The van der Waals surface area contributed by atoms with Crippen LogP contribution in [0.5, 0.6) is 11.5 Å². The highest BCUT2D eigenvalue weighted by molar-refractivity contribution is 5.43. The van der Waals surface area contributed by atoms with Crippen LogP contribution in [0.15, 0.2) is 36.5 Å². The molecule has 1 aromatic heterocycles. The highest BCUT2D eigenvalue weighted by atomic mass is 16.5. The van der Waals surface area contributed by atoms with Crippen LogP contribution in [0, 0.1) is 6.92 Å². The summed E-state index contributed by atoms with van der Waals surface area (Å²) in [6.07, 6.45) is 1.72. The number of pyridine rings is 1. The lowest BCUT2D eigenvalue weighted by Gasteiger charge is -2.23. The number of ether oxygens (including phenoxy) is 1. The molecule has 20 heavy (non-hydrogen) atoms. The molecule has 0 saturated carbocycles. The first-order valence-electron chi connectivity index (χ1n) is 6.84. The Morgan fingerprint density at radius 2 is 1.90 bits per heavy atom. The van der Waals surface area contributed by atoms with Gasteiger partial charge < -0.3 is 10.5 Å². The third-order valence-corrected chi connectivity index (χ3v) is 3.18. The van der Waals surface area contributed by atoms with E-state index in [0.717, 1.165) is 17.2 Å². The molecular weight excluding hydrogens is 248 g/mol. The molecule has 3 nitrogen and oxygen atoms in total. The van der Waals surface area contributed by atoms with Crippen LogP contribution in [0.1, 0.15) is 37.6 Å². The molecule has 0 fully saturated rings. The summed E-state index contributed by atoms with van der Waals surface area (Å²) in [6, 6.07) is 10.1. The van der Waals surface area contributed by atoms with Crippen molar-refractivity contribution >= 4 is 0 Å². The molecule has 0 aliphatic carbocycles. The van der Waals surface area contributed by atoms with Gasteiger partial charge in [0.1, 0.15) is 11.5 Å². The monoisotopic (exact) mass is 270 g/mol. The number of aromatic nitrogens is 1. The van der Waals surface area contributed by atoms with E-state index in [1.54, 1.807) is 6.20 Å². The lowest BCUT2D eigenvalue weighted by molar-refractivity contribution is 0.453. The summed E-state index contributed by atoms with van der Waals surface area (Å²) >= 11 is 0. The molecule has 106 valence electrons. The molecule has 2 rings (SSSR count). The largest absolute Gasteiger partial charge is 0.455 e. The average Bonchev–Trinajstić information content (AvgIpc) is 2.38. The molecular formula is C17H22N2O. The number of aryl methyl sites for hydroxylation is 1. The maximum Gasteiger partial charge on any atom is 0.145 e. The summed E-state index contributed by atoms with van der Waals surface area (Å²) < 4.78 is 6.01. The van der Waals surface area contributed by atoms with Gasteiger partial charge in [0, 0.05) is 12.1 Å². The van der Waals surface area contributed by atoms with E-state index in [9.17, 15) is 0 Å². The summed E-state index contributed by atoms with van der Waals surface area (Å²) in [5.41, 5.74) is 8.81. The second-order valence-electron chi connectivity index (χ2n) is 6.04. The zero-order valence-corrected chi connectivity index (χ0v) is 12.6. The van der Waals surface area contributed by atoms with E-state index in [-0.39, 0.29) is 5.41 Å². The van der Waals surface area contributed by atoms with Gasteiger partial charge >= 0.3 is 0 Å². The van der Waals surface area contributed by atoms with Crippen molar-refractivity contribution in [3.8, 4) is 11.5 Å². The van der Waals surface area contributed by atoms with Crippen LogP contribution in [-0.4, -0.2) is 4.98 Å². The van der Waals surface area contributed by atoms with Crippen LogP contribution in [0.3, 0.4) is 0 Å². The Balaban J connectivity index is 2.34. The van der Waals surface area contributed by atoms with Gasteiger partial charge in [-0.25, -0.2) is 0 Å². The topological polar surface area (TPSA) is 48.1 Å². The second-order valence-corrected chi connectivity index (χ2v) is 6.04. The van der Waals surface area contributed by atoms with Gasteiger partial charge in [-0.2, -0.15) is 0 Å². The molecule has 3 heteroatoms. The van der Waals surface area contributed by atoms with Crippen molar-refractivity contribution in [1.82, 2.24) is 4.98 Å². The maximum atomic E-state index is 6.01. The van der Waals surface area contributed by atoms with E-state index < -0.39 is 0 Å². The molecule has 0 radical (unpaired) electrons. The van der Waals surface area contributed by atoms with E-state index in [1.807, 2.05) is 12.1 Å². The van der Waals surface area contributed by atoms with E-state index in [0.29, 0.717) is 6.54 Å². The first-order chi connectivity index (χ1) is 9.40. The summed E-state index contributed by atoms with van der Waals surface area (Å²) in [5.74, 6) is 1.62. The Hall–Kier alpha value is -1.87. The van der Waals surface area contributed by atoms with Crippen LogP contribution in [0.25, 0.3) is 0 Å². The Kier molecular flexibility index (Phi) is 4.09. The molecule has 0 unspecified atom stereocenters. The van der Waals surface area contributed by atoms with Gasteiger partial charge in [-0.05, 0) is 36.1 Å². The molecule has 0 spiro atoms. The van der Waals surface area contributed by atoms with Crippen LogP contribution >= 0.6 is 0 Å². The quantitative estimate of drug-likeness (QED) is 0.919. The summed E-state index contributed by atoms with van der Waals surface area (Å²) in [6.45, 7) is 9.05. The van der Waals surface area contributed by atoms with Crippen molar-refractivity contribution in [3.05, 3.63) is 53.3 Å². The number of hydrogen-bond donors (Lipinski definition) is 1. The van der Waals surface area contributed by atoms with Crippen molar-refractivity contribution in [2.24, 2.45) is 5.73 Å². The first kappa shape index (κ1) is 14.5. The Morgan fingerprint density at radius 3 is 2.45 bits per heavy atom. The Morgan fingerprint density at radius 1 is 1.15 bits per heavy atom. The lowest BCUT2D eigenvalue weighted by atomic mass is 9.86. The second kappa shape index (κ2) is 5.63. The number of nitrogens with two attached hydrogens (primary N) is 1. The fraction of sp³-hybridized carbons (Fsp3) is 0.353. The fourth-order valence-corrected chi connectivity index (χ4v) is 2.05. The van der Waals surface area contributed by atoms with Gasteiger partial charge in [0.25, 0.3) is 0 Å². The van der Waals surface area contributed by atoms with Crippen molar-refractivity contribution in [1.29, 1.82) is 0 Å². The molecule has 0 aliphatic heterocycles. The summed E-state index contributed by atoms with van der Waals surface area (Å²) in [5, 5.41) is 0. The zero-order chi connectivity index (χ0) is 14.8. The summed E-state index contributed by atoms with van der Waals surface area (Å²) in [4.78, 5) is 4.26. The van der Waals surface area contributed by atoms with Crippen LogP contribution in [-0.2, 0) is 12.0 Å². The summed E-state index contributed by atoms with van der Waals surface area (Å²) in [7, 11) is 0. The van der Waals surface area contributed by atoms with Gasteiger partial charge in [0.2, 0.25) is 0 Å². The smallest absolute Gasteiger partial charge is 0.145 e. The van der Waals surface area contributed by atoms with E-state index >= 15 is 0 Å². The van der Waals surface area contributed by atoms with Gasteiger partial charge in [-0.1, -0.05) is 32.9 Å². The van der Waals surface area contributed by atoms with Gasteiger partial charge in [0.05, 0.1) is 11.9 Å². The fourth-order valence-electron chi connectivity index (χ4n) is 2.05. The maximum absolute atomic E-state index is 6.01. The standard InChI is InChI=1S/C17H22N2O/c1-12-5-8-15(17(2,3)4)16(9-12)20-14-7-6-13(10-18)19-11-14/h5-9,11H,10,18H2,1-4H3. The molecule has 2 N–H and O–H groups in total. The normalized spacial score (nSPS) is 11.4. The van der Waals surface area contributed by atoms with Gasteiger partial charge in [-0.3, -0.25) is 4.98 Å². The number of nitrogens with zero attached hydrogens (tertiary/aromatic N) is 1. The molecule has 0 aliphatic rings. The van der Waals surface area contributed by atoms with Crippen molar-refractivity contribution in [3.63, 3.8) is 0 Å². The van der Waals surface area contributed by atoms with Gasteiger partial charge in [0.15, 0.2) is 0 Å². The molecule has 1 heterocycles. The number of benzene rings is 1. The molecule has 0 bridgehead atoms. The van der Waals surface area contributed by atoms with Crippen LogP contribution in [0.4, 0.5) is 0 Å². The minimum absolute atomic E-state index is 0.0354. The van der Waals surface area contributed by atoms with E-state index in [4.69, 9.17) is 10.5 Å². The molecule has 0 saturated heterocycles. The van der Waals surface area contributed by atoms with Crippen molar-refractivity contribution in [2.75, 3.05) is 0 Å². The van der Waals surface area contributed by atoms with Crippen molar-refractivity contribution < 1.29 is 4.74 Å². The SMILES string of the molecule is Cc1ccc(C(C)(C)C)c(Oc2ccc(CN)nc2)c1. The highest BCUT2D eigenvalue weighted by Gasteiger charge is 2.19. The molecule has 1 aromatic carbocycles. The molecule has 0 amide bonds. The average molecular weight is 270 g/mol. The van der Waals surface area contributed by atoms with Gasteiger partial charge in [-0.15, -0.1) is 0 Å². The number of rotatable bonds is 3. The first-order valence-corrected chi connectivity index (χ1v) is 6.84. The zero-order valence-electron chi connectivity index (χ0n) is 12.6. The number of hydrogen-bond acceptors (Lipinski definition) is 3. The predicted octanol–water partition coefficient (Wildman–Crippen LogP) is 3.94. The highest BCUT2D eigenvalue weighted by Crippen LogP contribution is 2.34. The van der Waals surface area contributed by atoms with Crippen LogP contribution in [0.2, 0.25) is 0 Å². The Bertz CT molecular complexity index is 583. The third-order valence-electron chi connectivity index (χ3n) is 3.18. The van der Waals surface area contributed by atoms with Crippen LogP contribution < -0.4 is 10.5 Å². The predicted molar refractivity (Wildman–Crippen MR) is 82.1 cm³/mol. The third kappa shape index (κ3) is 3.36. The molecule has 0 atom stereocenters. The lowest BCUT2D eigenvalue weighted by Crippen LogP contribution is -2.12. The van der Waals surface area contributed by atoms with E-state index in [2.05, 4.69) is 50.9 Å². The Labute approximate surface area is 120 Å². The minimum atomic E-state index is 0.0354. The van der Waals surface area contributed by atoms with Crippen molar-refractivity contribution in [2.45, 2.75) is 39.7 Å². The molecule has 2 aromatic rings.